The normalized spacial score (nSPS) is 11.6. The molecule has 0 radical (unpaired) electrons. The number of furan rings is 1. The van der Waals surface area contributed by atoms with Crippen molar-refractivity contribution in [3.63, 3.8) is 0 Å². The van der Waals surface area contributed by atoms with Gasteiger partial charge in [0.05, 0.1) is 10.8 Å². The monoisotopic (exact) mass is 349 g/mol. The van der Waals surface area contributed by atoms with Crippen molar-refractivity contribution in [2.75, 3.05) is 17.1 Å². The average Bonchev–Trinajstić information content (AvgIpc) is 2.75. The quantitative estimate of drug-likeness (QED) is 0.885. The minimum atomic E-state index is -3.70. The zero-order chi connectivity index (χ0) is 16.7. The van der Waals surface area contributed by atoms with Crippen LogP contribution < -0.4 is 4.31 Å². The standard InChI is InChI=1S/C13H13ClFNO5S/c1-3-22(19,20)16(2)13-11(18)10(17)12(21-13)8-5-4-7(15)6-9(8)14/h4-6,17-18H,3H2,1-2H3. The molecule has 1 aromatic carbocycles. The van der Waals surface area contributed by atoms with E-state index in [-0.39, 0.29) is 22.1 Å². The van der Waals surface area contributed by atoms with E-state index in [0.29, 0.717) is 4.31 Å². The second kappa shape index (κ2) is 5.69. The second-order valence-corrected chi connectivity index (χ2v) is 7.12. The molecule has 0 saturated heterocycles. The number of hydrogen-bond donors (Lipinski definition) is 2. The lowest BCUT2D eigenvalue weighted by molar-refractivity contribution is 0.409. The molecule has 1 aromatic heterocycles. The van der Waals surface area contributed by atoms with Crippen LogP contribution in [0, 0.1) is 5.82 Å². The molecular formula is C13H13ClFNO5S. The molecular weight excluding hydrogens is 337 g/mol. The van der Waals surface area contributed by atoms with Crippen molar-refractivity contribution in [1.29, 1.82) is 0 Å². The van der Waals surface area contributed by atoms with Gasteiger partial charge in [-0.25, -0.2) is 17.1 Å². The maximum absolute atomic E-state index is 13.1. The topological polar surface area (TPSA) is 91.0 Å². The van der Waals surface area contributed by atoms with Gasteiger partial charge in [0.1, 0.15) is 5.82 Å². The summed E-state index contributed by atoms with van der Waals surface area (Å²) in [7, 11) is -2.53. The number of halogens is 2. The molecule has 0 fully saturated rings. The number of benzene rings is 1. The van der Waals surface area contributed by atoms with Crippen LogP contribution in [0.5, 0.6) is 11.5 Å². The van der Waals surface area contributed by atoms with E-state index >= 15 is 0 Å². The Labute approximate surface area is 131 Å². The number of sulfonamides is 1. The zero-order valence-corrected chi connectivity index (χ0v) is 13.2. The lowest BCUT2D eigenvalue weighted by Gasteiger charge is -2.14. The SMILES string of the molecule is CCS(=O)(=O)N(C)c1oc(-c2ccc(F)cc2Cl)c(O)c1O. The third-order valence-electron chi connectivity index (χ3n) is 3.08. The Balaban J connectivity index is 2.60. The predicted molar refractivity (Wildman–Crippen MR) is 80.3 cm³/mol. The van der Waals surface area contributed by atoms with E-state index in [0.717, 1.165) is 12.1 Å². The Kier molecular flexibility index (Phi) is 4.25. The molecule has 1 heterocycles. The summed E-state index contributed by atoms with van der Waals surface area (Å²) in [5.41, 5.74) is 0.115. The van der Waals surface area contributed by atoms with E-state index in [9.17, 15) is 23.0 Å². The van der Waals surface area contributed by atoms with E-state index in [1.165, 1.54) is 20.0 Å². The Morgan fingerprint density at radius 2 is 1.95 bits per heavy atom. The van der Waals surface area contributed by atoms with E-state index in [4.69, 9.17) is 16.0 Å². The van der Waals surface area contributed by atoms with Gasteiger partial charge in [0, 0.05) is 12.6 Å². The van der Waals surface area contributed by atoms with Gasteiger partial charge in [0.25, 0.3) is 5.88 Å². The van der Waals surface area contributed by atoms with Crippen LogP contribution in [0.4, 0.5) is 10.3 Å². The largest absolute Gasteiger partial charge is 0.502 e. The van der Waals surface area contributed by atoms with E-state index < -0.39 is 33.2 Å². The van der Waals surface area contributed by atoms with Crippen molar-refractivity contribution in [2.24, 2.45) is 0 Å². The number of aromatic hydroxyl groups is 2. The maximum atomic E-state index is 13.1. The summed E-state index contributed by atoms with van der Waals surface area (Å²) >= 11 is 5.87. The first-order valence-corrected chi connectivity index (χ1v) is 8.14. The molecule has 120 valence electrons. The fourth-order valence-electron chi connectivity index (χ4n) is 1.79. The maximum Gasteiger partial charge on any atom is 0.256 e. The lowest BCUT2D eigenvalue weighted by Crippen LogP contribution is -2.27. The van der Waals surface area contributed by atoms with Crippen LogP contribution in [0.2, 0.25) is 5.02 Å². The van der Waals surface area contributed by atoms with Gasteiger partial charge in [-0.2, -0.15) is 0 Å². The van der Waals surface area contributed by atoms with Crippen molar-refractivity contribution in [2.45, 2.75) is 6.92 Å². The molecule has 0 bridgehead atoms. The molecule has 0 aliphatic carbocycles. The first-order valence-electron chi connectivity index (χ1n) is 6.15. The molecule has 0 atom stereocenters. The number of rotatable bonds is 4. The van der Waals surface area contributed by atoms with Gasteiger partial charge in [-0.1, -0.05) is 11.6 Å². The second-order valence-electron chi connectivity index (χ2n) is 4.43. The molecule has 9 heteroatoms. The van der Waals surface area contributed by atoms with Crippen LogP contribution in [-0.2, 0) is 10.0 Å². The zero-order valence-electron chi connectivity index (χ0n) is 11.7. The van der Waals surface area contributed by atoms with Crippen molar-refractivity contribution in [3.8, 4) is 22.8 Å². The molecule has 2 rings (SSSR count). The van der Waals surface area contributed by atoms with E-state index in [1.54, 1.807) is 0 Å². The Hall–Kier alpha value is -1.93. The molecule has 22 heavy (non-hydrogen) atoms. The van der Waals surface area contributed by atoms with Gasteiger partial charge in [-0.3, -0.25) is 0 Å². The summed E-state index contributed by atoms with van der Waals surface area (Å²) in [5.74, 6) is -2.94. The first-order chi connectivity index (χ1) is 10.2. The van der Waals surface area contributed by atoms with Gasteiger partial charge in [-0.05, 0) is 25.1 Å². The van der Waals surface area contributed by atoms with Crippen LogP contribution in [-0.4, -0.2) is 31.4 Å². The highest BCUT2D eigenvalue weighted by atomic mass is 35.5. The molecule has 0 aliphatic heterocycles. The molecule has 2 aromatic rings. The minimum absolute atomic E-state index is 0.0587. The molecule has 0 spiro atoms. The molecule has 2 N–H and O–H groups in total. The Morgan fingerprint density at radius 1 is 1.32 bits per heavy atom. The van der Waals surface area contributed by atoms with E-state index in [2.05, 4.69) is 0 Å². The van der Waals surface area contributed by atoms with Crippen LogP contribution in [0.25, 0.3) is 11.3 Å². The highest BCUT2D eigenvalue weighted by Gasteiger charge is 2.29. The van der Waals surface area contributed by atoms with Crippen molar-refractivity contribution in [3.05, 3.63) is 29.0 Å². The van der Waals surface area contributed by atoms with Gasteiger partial charge >= 0.3 is 0 Å². The van der Waals surface area contributed by atoms with Gasteiger partial charge < -0.3 is 14.6 Å². The highest BCUT2D eigenvalue weighted by molar-refractivity contribution is 7.92. The summed E-state index contributed by atoms with van der Waals surface area (Å²) in [5, 5.41) is 19.8. The molecule has 0 amide bonds. The van der Waals surface area contributed by atoms with Crippen LogP contribution in [0.1, 0.15) is 6.92 Å². The lowest BCUT2D eigenvalue weighted by atomic mass is 10.1. The van der Waals surface area contributed by atoms with Gasteiger partial charge in [0.15, 0.2) is 5.76 Å². The summed E-state index contributed by atoms with van der Waals surface area (Å²) in [6, 6.07) is 3.34. The number of hydrogen-bond acceptors (Lipinski definition) is 5. The third-order valence-corrected chi connectivity index (χ3v) is 5.13. The molecule has 6 nitrogen and oxygen atoms in total. The molecule has 0 saturated carbocycles. The van der Waals surface area contributed by atoms with Crippen molar-refractivity contribution >= 4 is 27.5 Å². The Bertz CT molecular complexity index is 818. The van der Waals surface area contributed by atoms with Crippen LogP contribution >= 0.6 is 11.6 Å². The Morgan fingerprint density at radius 3 is 2.50 bits per heavy atom. The summed E-state index contributed by atoms with van der Waals surface area (Å²) in [6.07, 6.45) is 0. The third kappa shape index (κ3) is 2.71. The van der Waals surface area contributed by atoms with Crippen LogP contribution in [0.15, 0.2) is 22.6 Å². The number of nitrogens with zero attached hydrogens (tertiary/aromatic N) is 1. The summed E-state index contributed by atoms with van der Waals surface area (Å²) in [4.78, 5) is 0. The van der Waals surface area contributed by atoms with Gasteiger partial charge in [0.2, 0.25) is 21.5 Å². The first kappa shape index (κ1) is 16.4. The summed E-state index contributed by atoms with van der Waals surface area (Å²) < 4.78 is 42.7. The highest BCUT2D eigenvalue weighted by Crippen LogP contribution is 2.48. The van der Waals surface area contributed by atoms with Gasteiger partial charge in [-0.15, -0.1) is 0 Å². The van der Waals surface area contributed by atoms with Crippen molar-refractivity contribution in [1.82, 2.24) is 0 Å². The average molecular weight is 350 g/mol. The van der Waals surface area contributed by atoms with Crippen LogP contribution in [0.3, 0.4) is 0 Å². The van der Waals surface area contributed by atoms with E-state index in [1.807, 2.05) is 0 Å². The molecule has 0 unspecified atom stereocenters. The molecule has 0 aliphatic rings. The fourth-order valence-corrected chi connectivity index (χ4v) is 2.81. The summed E-state index contributed by atoms with van der Waals surface area (Å²) in [6.45, 7) is 1.42. The van der Waals surface area contributed by atoms with Crippen molar-refractivity contribution < 1.29 is 27.4 Å². The predicted octanol–water partition coefficient (Wildman–Crippen LogP) is 2.94. The minimum Gasteiger partial charge on any atom is -0.502 e. The smallest absolute Gasteiger partial charge is 0.256 e. The number of anilines is 1. The fraction of sp³-hybridized carbons (Fsp3) is 0.231.